The number of rotatable bonds is 18. The summed E-state index contributed by atoms with van der Waals surface area (Å²) in [5.74, 6) is -1.33. The van der Waals surface area contributed by atoms with Crippen molar-refractivity contribution in [3.63, 3.8) is 0 Å². The van der Waals surface area contributed by atoms with Crippen LogP contribution < -0.4 is 10.6 Å². The van der Waals surface area contributed by atoms with Crippen LogP contribution >= 0.6 is 0 Å². The van der Waals surface area contributed by atoms with Crippen LogP contribution in [0.15, 0.2) is 60.7 Å². The molecule has 0 bridgehead atoms. The van der Waals surface area contributed by atoms with Gasteiger partial charge < -0.3 is 48.5 Å². The minimum Gasteiger partial charge on any atom is -0.368 e. The van der Waals surface area contributed by atoms with Gasteiger partial charge >= 0.3 is 0 Å². The van der Waals surface area contributed by atoms with Crippen molar-refractivity contribution in [1.29, 1.82) is 0 Å². The van der Waals surface area contributed by atoms with Crippen LogP contribution in [0.5, 0.6) is 0 Å². The Balaban J connectivity index is 0.835. The molecule has 0 aromatic heterocycles. The molecule has 260 valence electrons. The zero-order valence-corrected chi connectivity index (χ0v) is 28.4. The van der Waals surface area contributed by atoms with Crippen molar-refractivity contribution in [3.8, 4) is 0 Å². The monoisotopic (exact) mass is 654 g/mol. The number of unbranched alkanes of at least 4 members (excludes halogenated alkanes) is 4. The van der Waals surface area contributed by atoms with Gasteiger partial charge in [0.1, 0.15) is 36.6 Å². The van der Waals surface area contributed by atoms with E-state index in [1.807, 2.05) is 64.1 Å². The minimum atomic E-state index is -0.665. The van der Waals surface area contributed by atoms with E-state index in [1.54, 1.807) is 0 Å². The zero-order valence-electron chi connectivity index (χ0n) is 28.4. The third kappa shape index (κ3) is 9.60. The van der Waals surface area contributed by atoms with E-state index in [4.69, 9.17) is 37.9 Å². The normalized spacial score (nSPS) is 32.1. The Kier molecular flexibility index (Phi) is 12.0. The lowest BCUT2D eigenvalue weighted by Crippen LogP contribution is -2.41. The van der Waals surface area contributed by atoms with E-state index in [0.717, 1.165) is 37.1 Å². The Labute approximate surface area is 280 Å². The van der Waals surface area contributed by atoms with E-state index >= 15 is 0 Å². The Morgan fingerprint density at radius 3 is 1.38 bits per heavy atom. The van der Waals surface area contributed by atoms with Crippen LogP contribution in [-0.4, -0.2) is 87.0 Å². The number of benzene rings is 2. The van der Waals surface area contributed by atoms with Crippen LogP contribution in [0.2, 0.25) is 0 Å². The highest BCUT2D eigenvalue weighted by atomic mass is 16.9. The summed E-state index contributed by atoms with van der Waals surface area (Å²) >= 11 is 0. The first-order chi connectivity index (χ1) is 22.8. The smallest absolute Gasteiger partial charge is 0.190 e. The SMILES string of the molecule is CC1(C)O[C@@H]2OC(CNCCCCCCCNCC3O[C@@H]4OC(C)(C)O[C@@H]4[C@H]3OCc3ccccc3)[C@@H](OCc3ccccc3)[C@@H]2O1. The Morgan fingerprint density at radius 1 is 0.553 bits per heavy atom. The quantitative estimate of drug-likeness (QED) is 0.213. The molecule has 4 aliphatic rings. The Hall–Kier alpha value is -1.96. The van der Waals surface area contributed by atoms with Gasteiger partial charge in [0.2, 0.25) is 0 Å². The molecular formula is C37H54N2O8. The predicted octanol–water partition coefficient (Wildman–Crippen LogP) is 5.04. The summed E-state index contributed by atoms with van der Waals surface area (Å²) in [5.41, 5.74) is 2.27. The second-order valence-electron chi connectivity index (χ2n) is 14.0. The van der Waals surface area contributed by atoms with E-state index in [2.05, 4.69) is 34.9 Å². The summed E-state index contributed by atoms with van der Waals surface area (Å²) in [6.07, 6.45) is 3.97. The Morgan fingerprint density at radius 2 is 0.957 bits per heavy atom. The molecule has 4 saturated heterocycles. The fraction of sp³-hybridized carbons (Fsp3) is 0.676. The lowest BCUT2D eigenvalue weighted by atomic mass is 10.1. The van der Waals surface area contributed by atoms with Gasteiger partial charge in [0.05, 0.1) is 13.2 Å². The molecule has 2 aromatic carbocycles. The molecule has 4 aliphatic heterocycles. The molecule has 0 saturated carbocycles. The maximum absolute atomic E-state index is 6.34. The molecular weight excluding hydrogens is 600 g/mol. The number of hydrogen-bond donors (Lipinski definition) is 2. The van der Waals surface area contributed by atoms with Crippen LogP contribution in [0.4, 0.5) is 0 Å². The molecule has 4 heterocycles. The molecule has 6 rings (SSSR count). The maximum atomic E-state index is 6.34. The molecule has 2 N–H and O–H groups in total. The lowest BCUT2D eigenvalue weighted by molar-refractivity contribution is -0.218. The van der Waals surface area contributed by atoms with Gasteiger partial charge in [0, 0.05) is 13.1 Å². The second kappa shape index (κ2) is 16.2. The molecule has 0 radical (unpaired) electrons. The van der Waals surface area contributed by atoms with Crippen LogP contribution in [0.25, 0.3) is 0 Å². The highest BCUT2D eigenvalue weighted by Crippen LogP contribution is 2.40. The summed E-state index contributed by atoms with van der Waals surface area (Å²) in [6.45, 7) is 12.0. The van der Waals surface area contributed by atoms with Gasteiger partial charge in [-0.3, -0.25) is 0 Å². The number of fused-ring (bicyclic) bond motifs is 2. The lowest BCUT2D eigenvalue weighted by Gasteiger charge is -2.26. The first-order valence-electron chi connectivity index (χ1n) is 17.5. The second-order valence-corrected chi connectivity index (χ2v) is 14.0. The molecule has 4 fully saturated rings. The highest BCUT2D eigenvalue weighted by Gasteiger charge is 2.56. The fourth-order valence-corrected chi connectivity index (χ4v) is 6.88. The molecule has 0 amide bonds. The molecule has 2 aromatic rings. The average molecular weight is 655 g/mol. The summed E-state index contributed by atoms with van der Waals surface area (Å²) in [7, 11) is 0. The third-order valence-electron chi connectivity index (χ3n) is 9.14. The van der Waals surface area contributed by atoms with Gasteiger partial charge in [-0.2, -0.15) is 0 Å². The molecule has 0 spiro atoms. The number of ether oxygens (including phenoxy) is 8. The van der Waals surface area contributed by atoms with Crippen LogP contribution in [-0.2, 0) is 51.1 Å². The van der Waals surface area contributed by atoms with Crippen molar-refractivity contribution in [1.82, 2.24) is 10.6 Å². The summed E-state index contributed by atoms with van der Waals surface area (Å²) in [4.78, 5) is 0. The van der Waals surface area contributed by atoms with Crippen molar-refractivity contribution in [3.05, 3.63) is 71.8 Å². The van der Waals surface area contributed by atoms with Gasteiger partial charge in [0.25, 0.3) is 0 Å². The van der Waals surface area contributed by atoms with Crippen molar-refractivity contribution in [2.75, 3.05) is 26.2 Å². The van der Waals surface area contributed by atoms with Crippen LogP contribution in [0, 0.1) is 0 Å². The van der Waals surface area contributed by atoms with E-state index in [9.17, 15) is 0 Å². The predicted molar refractivity (Wildman–Crippen MR) is 176 cm³/mol. The van der Waals surface area contributed by atoms with Crippen molar-refractivity contribution in [2.45, 2.75) is 134 Å². The topological polar surface area (TPSA) is 97.9 Å². The third-order valence-corrected chi connectivity index (χ3v) is 9.14. The first kappa shape index (κ1) is 34.9. The summed E-state index contributed by atoms with van der Waals surface area (Å²) < 4.78 is 49.5. The first-order valence-corrected chi connectivity index (χ1v) is 17.5. The van der Waals surface area contributed by atoms with Gasteiger partial charge in [-0.15, -0.1) is 0 Å². The van der Waals surface area contributed by atoms with Gasteiger partial charge in [0.15, 0.2) is 24.2 Å². The minimum absolute atomic E-state index is 0.118. The molecule has 8 atom stereocenters. The molecule has 10 nitrogen and oxygen atoms in total. The number of nitrogens with one attached hydrogen (secondary N) is 2. The van der Waals surface area contributed by atoms with Gasteiger partial charge in [-0.25, -0.2) is 0 Å². The fourth-order valence-electron chi connectivity index (χ4n) is 6.88. The zero-order chi connectivity index (χ0) is 32.7. The average Bonchev–Trinajstić information content (AvgIpc) is 3.72. The molecule has 47 heavy (non-hydrogen) atoms. The van der Waals surface area contributed by atoms with E-state index in [-0.39, 0.29) is 36.6 Å². The summed E-state index contributed by atoms with van der Waals surface area (Å²) in [6, 6.07) is 20.4. The van der Waals surface area contributed by atoms with Crippen molar-refractivity contribution >= 4 is 0 Å². The van der Waals surface area contributed by atoms with Crippen molar-refractivity contribution in [2.24, 2.45) is 0 Å². The standard InChI is InChI=1S/C37H54N2O8/c1-36(2)44-32-30(40-24-26-16-10-8-11-17-26)28(42-34(32)46-36)22-38-20-14-6-5-7-15-21-39-23-29-31(41-25-27-18-12-9-13-19-27)33-35(43-29)47-37(3,4)45-33/h8-13,16-19,28-35,38-39H,5-7,14-15,20-25H2,1-4H3/t28?,29?,30-,31+,32+,33-,34+,35-. The van der Waals surface area contributed by atoms with Crippen LogP contribution in [0.3, 0.4) is 0 Å². The van der Waals surface area contributed by atoms with Gasteiger partial charge in [-0.1, -0.05) is 79.9 Å². The van der Waals surface area contributed by atoms with E-state index in [0.29, 0.717) is 26.3 Å². The van der Waals surface area contributed by atoms with Crippen LogP contribution in [0.1, 0.15) is 70.9 Å². The summed E-state index contributed by atoms with van der Waals surface area (Å²) in [5, 5.41) is 7.16. The Bertz CT molecular complexity index is 1120. The van der Waals surface area contributed by atoms with E-state index < -0.39 is 24.2 Å². The van der Waals surface area contributed by atoms with Crippen molar-refractivity contribution < 1.29 is 37.9 Å². The molecule has 10 heteroatoms. The molecule has 0 aliphatic carbocycles. The largest absolute Gasteiger partial charge is 0.368 e. The highest BCUT2D eigenvalue weighted by molar-refractivity contribution is 5.14. The number of hydrogen-bond acceptors (Lipinski definition) is 10. The van der Waals surface area contributed by atoms with Gasteiger partial charge in [-0.05, 0) is 64.8 Å². The van der Waals surface area contributed by atoms with E-state index in [1.165, 1.54) is 19.3 Å². The maximum Gasteiger partial charge on any atom is 0.190 e. The molecule has 2 unspecified atom stereocenters.